The number of rotatable bonds is 4. The third-order valence-corrected chi connectivity index (χ3v) is 2.93. The average molecular weight is 248 g/mol. The number of carboxylic acids is 1. The number of methoxy groups -OCH3 is 1. The highest BCUT2D eigenvalue weighted by Gasteiger charge is 2.19. The Morgan fingerprint density at radius 2 is 1.94 bits per heavy atom. The molecular formula is C14H13FO3. The van der Waals surface area contributed by atoms with Crippen molar-refractivity contribution in [3.05, 3.63) is 42.0 Å². The van der Waals surface area contributed by atoms with Gasteiger partial charge in [0.2, 0.25) is 0 Å². The summed E-state index contributed by atoms with van der Waals surface area (Å²) in [5.74, 6) is -1.52. The second-order valence-electron chi connectivity index (χ2n) is 4.02. The second kappa shape index (κ2) is 5.04. The van der Waals surface area contributed by atoms with Crippen LogP contribution >= 0.6 is 0 Å². The van der Waals surface area contributed by atoms with Crippen molar-refractivity contribution in [3.63, 3.8) is 0 Å². The van der Waals surface area contributed by atoms with Crippen LogP contribution in [0.3, 0.4) is 0 Å². The number of alkyl halides is 1. The fourth-order valence-electron chi connectivity index (χ4n) is 1.88. The summed E-state index contributed by atoms with van der Waals surface area (Å²) in [6.45, 7) is -0.906. The lowest BCUT2D eigenvalue weighted by Gasteiger charge is -2.10. The summed E-state index contributed by atoms with van der Waals surface area (Å²) in [6.07, 6.45) is 0. The van der Waals surface area contributed by atoms with Crippen molar-refractivity contribution in [2.75, 3.05) is 13.8 Å². The normalized spacial score (nSPS) is 12.3. The number of hydrogen-bond donors (Lipinski definition) is 1. The van der Waals surface area contributed by atoms with E-state index >= 15 is 0 Å². The van der Waals surface area contributed by atoms with Crippen molar-refractivity contribution in [1.82, 2.24) is 0 Å². The van der Waals surface area contributed by atoms with Gasteiger partial charge in [0.15, 0.2) is 0 Å². The molecule has 0 radical (unpaired) electrons. The van der Waals surface area contributed by atoms with Gasteiger partial charge in [-0.15, -0.1) is 0 Å². The molecule has 0 fully saturated rings. The molecule has 2 rings (SSSR count). The predicted octanol–water partition coefficient (Wildman–Crippen LogP) is 2.99. The van der Waals surface area contributed by atoms with E-state index in [9.17, 15) is 9.18 Å². The van der Waals surface area contributed by atoms with Crippen LogP contribution in [0, 0.1) is 0 Å². The van der Waals surface area contributed by atoms with E-state index in [1.165, 1.54) is 0 Å². The smallest absolute Gasteiger partial charge is 0.313 e. The molecule has 0 saturated carbocycles. The van der Waals surface area contributed by atoms with Crippen molar-refractivity contribution >= 4 is 16.7 Å². The molecule has 1 N–H and O–H groups in total. The topological polar surface area (TPSA) is 46.5 Å². The molecular weight excluding hydrogens is 235 g/mol. The summed E-state index contributed by atoms with van der Waals surface area (Å²) in [5, 5.41) is 10.7. The molecule has 1 unspecified atom stereocenters. The Morgan fingerprint density at radius 3 is 2.56 bits per heavy atom. The van der Waals surface area contributed by atoms with E-state index in [1.807, 2.05) is 12.1 Å². The zero-order valence-corrected chi connectivity index (χ0v) is 9.89. The van der Waals surface area contributed by atoms with Crippen LogP contribution in [0.4, 0.5) is 4.39 Å². The van der Waals surface area contributed by atoms with Crippen LogP contribution in [0.25, 0.3) is 10.8 Å². The van der Waals surface area contributed by atoms with Gasteiger partial charge in [0.1, 0.15) is 18.3 Å². The van der Waals surface area contributed by atoms with Crippen LogP contribution in [0.5, 0.6) is 5.75 Å². The molecule has 0 spiro atoms. The van der Waals surface area contributed by atoms with Crippen LogP contribution < -0.4 is 4.74 Å². The van der Waals surface area contributed by atoms with Gasteiger partial charge in [-0.25, -0.2) is 4.39 Å². The molecule has 4 heteroatoms. The minimum Gasteiger partial charge on any atom is -0.497 e. The molecule has 2 aromatic rings. The number of carbonyl (C=O) groups is 1. The fraction of sp³-hybridized carbons (Fsp3) is 0.214. The zero-order chi connectivity index (χ0) is 13.1. The molecule has 0 aliphatic carbocycles. The molecule has 18 heavy (non-hydrogen) atoms. The molecule has 3 nitrogen and oxygen atoms in total. The minimum absolute atomic E-state index is 0.475. The summed E-state index contributed by atoms with van der Waals surface area (Å²) in [7, 11) is 1.58. The van der Waals surface area contributed by atoms with E-state index in [-0.39, 0.29) is 0 Å². The Bertz CT molecular complexity index is 580. The molecule has 0 aliphatic heterocycles. The third-order valence-electron chi connectivity index (χ3n) is 2.93. The second-order valence-corrected chi connectivity index (χ2v) is 4.02. The maximum Gasteiger partial charge on any atom is 0.313 e. The highest BCUT2D eigenvalue weighted by atomic mass is 19.1. The first-order valence-corrected chi connectivity index (χ1v) is 5.52. The Labute approximate surface area is 104 Å². The summed E-state index contributed by atoms with van der Waals surface area (Å²) >= 11 is 0. The number of carboxylic acid groups (broad SMARTS) is 1. The van der Waals surface area contributed by atoms with E-state index in [0.29, 0.717) is 5.56 Å². The van der Waals surface area contributed by atoms with E-state index in [0.717, 1.165) is 16.5 Å². The van der Waals surface area contributed by atoms with Gasteiger partial charge in [-0.2, -0.15) is 0 Å². The van der Waals surface area contributed by atoms with Crippen LogP contribution in [-0.2, 0) is 4.79 Å². The summed E-state index contributed by atoms with van der Waals surface area (Å²) in [4.78, 5) is 10.9. The van der Waals surface area contributed by atoms with Gasteiger partial charge in [0, 0.05) is 0 Å². The summed E-state index contributed by atoms with van der Waals surface area (Å²) in [6, 6.07) is 10.6. The molecule has 0 saturated heterocycles. The van der Waals surface area contributed by atoms with Gasteiger partial charge in [-0.3, -0.25) is 4.79 Å². The summed E-state index contributed by atoms with van der Waals surface area (Å²) < 4.78 is 17.8. The standard InChI is InChI=1S/C14H13FO3/c1-18-12-5-4-9-6-11(3-2-10(9)7-12)13(8-15)14(16)17/h2-7,13H,8H2,1H3,(H,16,17). The fourth-order valence-corrected chi connectivity index (χ4v) is 1.88. The highest BCUT2D eigenvalue weighted by molar-refractivity contribution is 5.86. The number of fused-ring (bicyclic) bond motifs is 1. The van der Waals surface area contributed by atoms with Gasteiger partial charge >= 0.3 is 5.97 Å². The summed E-state index contributed by atoms with van der Waals surface area (Å²) in [5.41, 5.74) is 0.475. The molecule has 0 heterocycles. The van der Waals surface area contributed by atoms with Crippen LogP contribution in [0.15, 0.2) is 36.4 Å². The maximum absolute atomic E-state index is 12.7. The number of ether oxygens (including phenoxy) is 1. The maximum atomic E-state index is 12.7. The van der Waals surface area contributed by atoms with Gasteiger partial charge in [-0.1, -0.05) is 24.3 Å². The quantitative estimate of drug-likeness (QED) is 0.904. The number of halogens is 1. The lowest BCUT2D eigenvalue weighted by molar-refractivity contribution is -0.139. The SMILES string of the molecule is COc1ccc2cc(C(CF)C(=O)O)ccc2c1. The minimum atomic E-state index is -1.15. The highest BCUT2D eigenvalue weighted by Crippen LogP contribution is 2.25. The Kier molecular flexibility index (Phi) is 3.46. The van der Waals surface area contributed by atoms with Crippen molar-refractivity contribution in [2.45, 2.75) is 5.92 Å². The lowest BCUT2D eigenvalue weighted by atomic mass is 9.97. The molecule has 0 bridgehead atoms. The van der Waals surface area contributed by atoms with Crippen LogP contribution in [0.1, 0.15) is 11.5 Å². The Balaban J connectivity index is 2.47. The zero-order valence-electron chi connectivity index (χ0n) is 9.89. The first kappa shape index (κ1) is 12.4. The van der Waals surface area contributed by atoms with Gasteiger partial charge in [-0.05, 0) is 28.5 Å². The van der Waals surface area contributed by atoms with Crippen LogP contribution in [0.2, 0.25) is 0 Å². The third kappa shape index (κ3) is 2.27. The molecule has 0 aliphatic rings. The lowest BCUT2D eigenvalue weighted by Crippen LogP contribution is -2.13. The average Bonchev–Trinajstić information content (AvgIpc) is 2.38. The number of hydrogen-bond acceptors (Lipinski definition) is 2. The van der Waals surface area contributed by atoms with Crippen molar-refractivity contribution in [2.24, 2.45) is 0 Å². The van der Waals surface area contributed by atoms with Gasteiger partial charge < -0.3 is 9.84 Å². The first-order valence-electron chi connectivity index (χ1n) is 5.52. The van der Waals surface area contributed by atoms with Crippen molar-refractivity contribution < 1.29 is 19.0 Å². The van der Waals surface area contributed by atoms with E-state index in [2.05, 4.69) is 0 Å². The monoisotopic (exact) mass is 248 g/mol. The largest absolute Gasteiger partial charge is 0.497 e. The van der Waals surface area contributed by atoms with E-state index in [1.54, 1.807) is 31.4 Å². The van der Waals surface area contributed by atoms with E-state index < -0.39 is 18.6 Å². The first-order chi connectivity index (χ1) is 8.65. The predicted molar refractivity (Wildman–Crippen MR) is 66.9 cm³/mol. The molecule has 1 atom stereocenters. The Hall–Kier alpha value is -2.10. The number of benzene rings is 2. The van der Waals surface area contributed by atoms with Crippen molar-refractivity contribution in [1.29, 1.82) is 0 Å². The van der Waals surface area contributed by atoms with Gasteiger partial charge in [0.25, 0.3) is 0 Å². The van der Waals surface area contributed by atoms with Gasteiger partial charge in [0.05, 0.1) is 7.11 Å². The van der Waals surface area contributed by atoms with Crippen molar-refractivity contribution in [3.8, 4) is 5.75 Å². The molecule has 94 valence electrons. The molecule has 0 amide bonds. The van der Waals surface area contributed by atoms with E-state index in [4.69, 9.17) is 9.84 Å². The Morgan fingerprint density at radius 1 is 1.28 bits per heavy atom. The molecule has 2 aromatic carbocycles. The number of aliphatic carboxylic acids is 1. The van der Waals surface area contributed by atoms with Crippen LogP contribution in [-0.4, -0.2) is 24.9 Å². The molecule has 0 aromatic heterocycles.